The summed E-state index contributed by atoms with van der Waals surface area (Å²) in [6.45, 7) is -0.241. The van der Waals surface area contributed by atoms with Gasteiger partial charge in [-0.2, -0.15) is 5.26 Å². The van der Waals surface area contributed by atoms with Crippen LogP contribution in [0.25, 0.3) is 22.2 Å². The molecule has 2 aromatic heterocycles. The number of hydrogen-bond acceptors (Lipinski definition) is 5. The maximum absolute atomic E-state index is 10.7. The van der Waals surface area contributed by atoms with Crippen LogP contribution in [0.2, 0.25) is 0 Å². The van der Waals surface area contributed by atoms with Crippen molar-refractivity contribution in [2.24, 2.45) is 0 Å². The molecule has 1 aliphatic carbocycles. The topological polar surface area (TPSA) is 96.1 Å². The molecule has 29 heavy (non-hydrogen) atoms. The lowest BCUT2D eigenvalue weighted by Gasteiger charge is -2.28. The van der Waals surface area contributed by atoms with Crippen LogP contribution in [0.3, 0.4) is 0 Å². The van der Waals surface area contributed by atoms with E-state index in [1.807, 2.05) is 30.3 Å². The Balaban J connectivity index is 1.65. The number of carbonyl (C=O) groups is 1. The molecule has 1 saturated carbocycles. The first kappa shape index (κ1) is 19.0. The second kappa shape index (κ2) is 8.38. The summed E-state index contributed by atoms with van der Waals surface area (Å²) in [5.41, 5.74) is 4.10. The number of pyridine rings is 2. The lowest BCUT2D eigenvalue weighted by atomic mass is 9.84. The van der Waals surface area contributed by atoms with Crippen LogP contribution in [-0.4, -0.2) is 33.8 Å². The lowest BCUT2D eigenvalue weighted by Crippen LogP contribution is -2.24. The molecule has 1 N–H and O–H groups in total. The number of ether oxygens (including phenoxy) is 1. The van der Waals surface area contributed by atoms with Crippen LogP contribution < -0.4 is 0 Å². The first-order chi connectivity index (χ1) is 14.1. The number of hydrogen-bond donors (Lipinski definition) is 1. The van der Waals surface area contributed by atoms with Crippen molar-refractivity contribution in [2.45, 2.75) is 37.7 Å². The fraction of sp³-hybridized carbons (Fsp3) is 0.304. The summed E-state index contributed by atoms with van der Waals surface area (Å²) in [5, 5.41) is 19.1. The summed E-state index contributed by atoms with van der Waals surface area (Å²) in [4.78, 5) is 20.2. The Morgan fingerprint density at radius 3 is 2.76 bits per heavy atom. The second-order valence-corrected chi connectivity index (χ2v) is 7.34. The van der Waals surface area contributed by atoms with Gasteiger partial charge in [-0.3, -0.25) is 9.97 Å². The number of fused-ring (bicyclic) bond motifs is 1. The number of carboxylic acid groups (broad SMARTS) is 1. The summed E-state index contributed by atoms with van der Waals surface area (Å²) in [6, 6.07) is 15.7. The Bertz CT molecular complexity index is 1080. The van der Waals surface area contributed by atoms with Crippen molar-refractivity contribution in [3.63, 3.8) is 0 Å². The molecule has 0 saturated heterocycles. The van der Waals surface area contributed by atoms with Crippen molar-refractivity contribution in [3.8, 4) is 17.3 Å². The molecule has 0 bridgehead atoms. The maximum Gasteiger partial charge on any atom is 0.329 e. The van der Waals surface area contributed by atoms with Gasteiger partial charge in [0.05, 0.1) is 28.9 Å². The SMILES string of the molecule is N#Cc1cccc(-c2nc(C3CCC(OCC(=O)O)CC3)cc3cccnc23)c1. The molecule has 0 spiro atoms. The van der Waals surface area contributed by atoms with Crippen LogP contribution in [0.4, 0.5) is 0 Å². The fourth-order valence-corrected chi connectivity index (χ4v) is 3.97. The minimum absolute atomic E-state index is 0.00347. The van der Waals surface area contributed by atoms with E-state index in [1.165, 1.54) is 0 Å². The number of benzene rings is 1. The zero-order valence-corrected chi connectivity index (χ0v) is 15.9. The molecule has 1 aromatic carbocycles. The number of nitriles is 1. The monoisotopic (exact) mass is 387 g/mol. The van der Waals surface area contributed by atoms with Crippen molar-refractivity contribution in [1.82, 2.24) is 9.97 Å². The normalized spacial score (nSPS) is 19.0. The molecule has 4 rings (SSSR count). The third kappa shape index (κ3) is 4.25. The van der Waals surface area contributed by atoms with Gasteiger partial charge >= 0.3 is 5.97 Å². The van der Waals surface area contributed by atoms with Gasteiger partial charge in [-0.15, -0.1) is 0 Å². The molecule has 1 fully saturated rings. The van der Waals surface area contributed by atoms with Gasteiger partial charge in [0.25, 0.3) is 0 Å². The van der Waals surface area contributed by atoms with Crippen LogP contribution in [0.5, 0.6) is 0 Å². The second-order valence-electron chi connectivity index (χ2n) is 7.34. The minimum atomic E-state index is -0.930. The molecule has 3 aromatic rings. The average molecular weight is 387 g/mol. The van der Waals surface area contributed by atoms with Crippen molar-refractivity contribution in [1.29, 1.82) is 5.26 Å². The van der Waals surface area contributed by atoms with Crippen LogP contribution in [0, 0.1) is 11.3 Å². The molecular formula is C23H21N3O3. The summed E-state index contributed by atoms with van der Waals surface area (Å²) < 4.78 is 5.46. The largest absolute Gasteiger partial charge is 0.480 e. The van der Waals surface area contributed by atoms with E-state index in [1.54, 1.807) is 12.3 Å². The Morgan fingerprint density at radius 2 is 2.00 bits per heavy atom. The number of aromatic nitrogens is 2. The zero-order chi connectivity index (χ0) is 20.2. The van der Waals surface area contributed by atoms with Crippen LogP contribution in [0.15, 0.2) is 48.7 Å². The number of rotatable bonds is 5. The van der Waals surface area contributed by atoms with Crippen LogP contribution in [-0.2, 0) is 9.53 Å². The predicted octanol–water partition coefficient (Wildman–Crippen LogP) is 4.30. The van der Waals surface area contributed by atoms with Gasteiger partial charge in [0.15, 0.2) is 0 Å². The van der Waals surface area contributed by atoms with Crippen LogP contribution in [0.1, 0.15) is 42.9 Å². The highest BCUT2D eigenvalue weighted by atomic mass is 16.5. The highest BCUT2D eigenvalue weighted by molar-refractivity contribution is 5.91. The zero-order valence-electron chi connectivity index (χ0n) is 15.9. The molecule has 6 nitrogen and oxygen atoms in total. The third-order valence-corrected chi connectivity index (χ3v) is 5.41. The fourth-order valence-electron chi connectivity index (χ4n) is 3.97. The van der Waals surface area contributed by atoms with E-state index >= 15 is 0 Å². The highest BCUT2D eigenvalue weighted by Crippen LogP contribution is 2.36. The standard InChI is InChI=1S/C23H21N3O3/c24-13-15-3-1-4-17(11-15)23-22-18(5-2-10-25-22)12-20(26-23)16-6-8-19(9-7-16)29-14-21(27)28/h1-5,10-12,16,19H,6-9,14H2,(H,27,28). The predicted molar refractivity (Wildman–Crippen MR) is 108 cm³/mol. The lowest BCUT2D eigenvalue weighted by molar-refractivity contribution is -0.145. The summed E-state index contributed by atoms with van der Waals surface area (Å²) in [5.74, 6) is -0.637. The van der Waals surface area contributed by atoms with E-state index in [0.717, 1.165) is 53.5 Å². The molecule has 0 amide bonds. The van der Waals surface area contributed by atoms with E-state index < -0.39 is 5.97 Å². The molecule has 6 heteroatoms. The van der Waals surface area contributed by atoms with Gasteiger partial charge in [-0.1, -0.05) is 18.2 Å². The van der Waals surface area contributed by atoms with Gasteiger partial charge in [0.2, 0.25) is 0 Å². The van der Waals surface area contributed by atoms with Crippen molar-refractivity contribution in [3.05, 3.63) is 59.9 Å². The number of nitrogens with zero attached hydrogens (tertiary/aromatic N) is 3. The van der Waals surface area contributed by atoms with Gasteiger partial charge in [0, 0.05) is 28.8 Å². The summed E-state index contributed by atoms with van der Waals surface area (Å²) in [7, 11) is 0. The Kier molecular flexibility index (Phi) is 5.50. The van der Waals surface area contributed by atoms with Gasteiger partial charge in [-0.25, -0.2) is 4.79 Å². The van der Waals surface area contributed by atoms with Crippen molar-refractivity contribution >= 4 is 16.9 Å². The van der Waals surface area contributed by atoms with Crippen LogP contribution >= 0.6 is 0 Å². The Labute approximate surface area is 168 Å². The smallest absolute Gasteiger partial charge is 0.329 e. The summed E-state index contributed by atoms with van der Waals surface area (Å²) in [6.07, 6.45) is 5.21. The Morgan fingerprint density at radius 1 is 1.17 bits per heavy atom. The average Bonchev–Trinajstić information content (AvgIpc) is 2.77. The first-order valence-electron chi connectivity index (χ1n) is 9.73. The third-order valence-electron chi connectivity index (χ3n) is 5.41. The van der Waals surface area contributed by atoms with Crippen molar-refractivity contribution < 1.29 is 14.6 Å². The maximum atomic E-state index is 10.7. The van der Waals surface area contributed by atoms with E-state index in [9.17, 15) is 10.1 Å². The van der Waals surface area contributed by atoms with E-state index in [2.05, 4.69) is 17.1 Å². The number of carboxylic acids is 1. The van der Waals surface area contributed by atoms with Gasteiger partial charge < -0.3 is 9.84 Å². The van der Waals surface area contributed by atoms with E-state index in [4.69, 9.17) is 14.8 Å². The molecule has 2 heterocycles. The highest BCUT2D eigenvalue weighted by Gasteiger charge is 2.25. The molecule has 0 radical (unpaired) electrons. The number of aliphatic carboxylic acids is 1. The molecule has 0 aliphatic heterocycles. The van der Waals surface area contributed by atoms with Crippen molar-refractivity contribution in [2.75, 3.05) is 6.61 Å². The quantitative estimate of drug-likeness (QED) is 0.701. The van der Waals surface area contributed by atoms with E-state index in [0.29, 0.717) is 11.5 Å². The molecule has 146 valence electrons. The van der Waals surface area contributed by atoms with Gasteiger partial charge in [-0.05, 0) is 49.9 Å². The van der Waals surface area contributed by atoms with Gasteiger partial charge in [0.1, 0.15) is 6.61 Å². The summed E-state index contributed by atoms with van der Waals surface area (Å²) >= 11 is 0. The molecular weight excluding hydrogens is 366 g/mol. The van der Waals surface area contributed by atoms with E-state index in [-0.39, 0.29) is 12.7 Å². The minimum Gasteiger partial charge on any atom is -0.480 e. The molecule has 0 atom stereocenters. The first-order valence-corrected chi connectivity index (χ1v) is 9.73. The molecule has 0 unspecified atom stereocenters. The Hall–Kier alpha value is -3.30. The molecule has 1 aliphatic rings.